The van der Waals surface area contributed by atoms with Crippen LogP contribution in [-0.4, -0.2) is 22.6 Å². The highest BCUT2D eigenvalue weighted by atomic mass is 79.9. The zero-order valence-electron chi connectivity index (χ0n) is 18.9. The maximum absolute atomic E-state index is 12.5. The zero-order valence-corrected chi connectivity index (χ0v) is 22.9. The van der Waals surface area contributed by atoms with Crippen LogP contribution in [0.4, 0.5) is 11.4 Å². The summed E-state index contributed by atoms with van der Waals surface area (Å²) in [5.41, 5.74) is 2.16. The molecule has 0 unspecified atom stereocenters. The van der Waals surface area contributed by atoms with Crippen molar-refractivity contribution in [3.63, 3.8) is 0 Å². The maximum Gasteiger partial charge on any atom is 0.269 e. The minimum Gasteiger partial charge on any atom is -0.494 e. The van der Waals surface area contributed by atoms with Crippen molar-refractivity contribution < 1.29 is 19.2 Å². The molecule has 1 saturated heterocycles. The summed E-state index contributed by atoms with van der Waals surface area (Å²) in [7, 11) is 0. The quantitative estimate of drug-likeness (QED) is 0.163. The molecule has 11 heteroatoms. The topological polar surface area (TPSA) is 103 Å². The van der Waals surface area contributed by atoms with Gasteiger partial charge in [0, 0.05) is 12.1 Å². The first kappa shape index (κ1) is 25.9. The van der Waals surface area contributed by atoms with E-state index in [1.54, 1.807) is 18.2 Å². The van der Waals surface area contributed by atoms with Gasteiger partial charge in [0.15, 0.2) is 5.17 Å². The number of aliphatic imine (C=N–C) groups is 1. The number of nitro benzene ring substituents is 1. The van der Waals surface area contributed by atoms with E-state index >= 15 is 0 Å². The predicted molar refractivity (Wildman–Crippen MR) is 148 cm³/mol. The third-order valence-electron chi connectivity index (χ3n) is 4.85. The van der Waals surface area contributed by atoms with Crippen molar-refractivity contribution in [3.8, 4) is 11.5 Å². The second-order valence-corrected chi connectivity index (χ2v) is 10.2. The summed E-state index contributed by atoms with van der Waals surface area (Å²) in [5, 5.41) is 14.3. The Kier molecular flexibility index (Phi) is 8.44. The van der Waals surface area contributed by atoms with Gasteiger partial charge in [0.2, 0.25) is 0 Å². The molecular weight excluding hydrogens is 614 g/mol. The summed E-state index contributed by atoms with van der Waals surface area (Å²) in [6.07, 6.45) is 1.76. The summed E-state index contributed by atoms with van der Waals surface area (Å²) in [6.45, 7) is 2.67. The van der Waals surface area contributed by atoms with Crippen LogP contribution in [-0.2, 0) is 11.4 Å². The van der Waals surface area contributed by atoms with Crippen molar-refractivity contribution in [3.05, 3.63) is 95.8 Å². The number of carbonyl (C=O) groups is 1. The van der Waals surface area contributed by atoms with E-state index < -0.39 is 4.92 Å². The molecule has 0 atom stereocenters. The molecule has 36 heavy (non-hydrogen) atoms. The van der Waals surface area contributed by atoms with Gasteiger partial charge < -0.3 is 14.8 Å². The number of halogens is 2. The molecule has 0 aromatic heterocycles. The highest BCUT2D eigenvalue weighted by Gasteiger charge is 2.24. The number of amidine groups is 1. The van der Waals surface area contributed by atoms with E-state index in [-0.39, 0.29) is 18.2 Å². The molecular formula is C25H19Br2N3O5S. The predicted octanol–water partition coefficient (Wildman–Crippen LogP) is 6.99. The summed E-state index contributed by atoms with van der Waals surface area (Å²) in [5.74, 6) is 1.08. The molecule has 1 heterocycles. The molecule has 0 aliphatic carbocycles. The normalized spacial score (nSPS) is 15.2. The first-order valence-corrected chi connectivity index (χ1v) is 13.1. The van der Waals surface area contributed by atoms with Crippen molar-refractivity contribution in [2.75, 3.05) is 6.61 Å². The van der Waals surface area contributed by atoms with Crippen LogP contribution < -0.4 is 14.8 Å². The Morgan fingerprint density at radius 3 is 2.47 bits per heavy atom. The number of thioether (sulfide) groups is 1. The van der Waals surface area contributed by atoms with E-state index in [9.17, 15) is 14.9 Å². The minimum atomic E-state index is -0.441. The molecule has 0 saturated carbocycles. The number of amides is 1. The lowest BCUT2D eigenvalue weighted by Crippen LogP contribution is -2.19. The maximum atomic E-state index is 12.5. The highest BCUT2D eigenvalue weighted by Crippen LogP contribution is 2.37. The van der Waals surface area contributed by atoms with Gasteiger partial charge in [-0.15, -0.1) is 0 Å². The molecule has 3 aromatic carbocycles. The van der Waals surface area contributed by atoms with Crippen molar-refractivity contribution in [2.45, 2.75) is 13.5 Å². The number of ether oxygens (including phenoxy) is 2. The van der Waals surface area contributed by atoms with Crippen molar-refractivity contribution >= 4 is 72.1 Å². The minimum absolute atomic E-state index is 0.00831. The lowest BCUT2D eigenvalue weighted by atomic mass is 10.2. The average Bonchev–Trinajstić information content (AvgIpc) is 3.18. The Labute approximate surface area is 228 Å². The highest BCUT2D eigenvalue weighted by molar-refractivity contribution is 9.11. The van der Waals surface area contributed by atoms with Crippen LogP contribution in [0.5, 0.6) is 11.5 Å². The molecule has 1 fully saturated rings. The summed E-state index contributed by atoms with van der Waals surface area (Å²) < 4.78 is 12.7. The van der Waals surface area contributed by atoms with Crippen LogP contribution in [0.3, 0.4) is 0 Å². The summed E-state index contributed by atoms with van der Waals surface area (Å²) in [4.78, 5) is 28.0. The SMILES string of the molecule is CCOc1ccc(N=C2NC(=O)/C(=C\c3cc(Br)c(OCc4cccc([N+](=O)[O-])c4)c(Br)c3)S2)cc1. The van der Waals surface area contributed by atoms with E-state index in [1.807, 2.05) is 43.3 Å². The number of nitro groups is 1. The molecule has 1 aliphatic heterocycles. The van der Waals surface area contributed by atoms with Gasteiger partial charge in [-0.3, -0.25) is 14.9 Å². The number of hydrogen-bond acceptors (Lipinski definition) is 7. The van der Waals surface area contributed by atoms with Crippen LogP contribution in [0.15, 0.2) is 79.5 Å². The average molecular weight is 633 g/mol. The number of rotatable bonds is 8. The second-order valence-electron chi connectivity index (χ2n) is 7.44. The lowest BCUT2D eigenvalue weighted by molar-refractivity contribution is -0.384. The molecule has 1 N–H and O–H groups in total. The zero-order chi connectivity index (χ0) is 25.7. The first-order chi connectivity index (χ1) is 17.3. The fourth-order valence-corrected chi connectivity index (χ4v) is 5.54. The summed E-state index contributed by atoms with van der Waals surface area (Å²) in [6, 6.07) is 17.3. The van der Waals surface area contributed by atoms with Gasteiger partial charge in [0.1, 0.15) is 18.1 Å². The van der Waals surface area contributed by atoms with Gasteiger partial charge in [-0.05, 0) is 104 Å². The third kappa shape index (κ3) is 6.54. The molecule has 1 aliphatic rings. The van der Waals surface area contributed by atoms with E-state index in [2.05, 4.69) is 42.2 Å². The number of nitrogens with zero attached hydrogens (tertiary/aromatic N) is 2. The number of non-ortho nitro benzene ring substituents is 1. The Balaban J connectivity index is 1.46. The molecule has 4 rings (SSSR count). The standard InChI is InChI=1S/C25H19Br2N3O5S/c1-2-34-19-8-6-17(7-9-19)28-25-29-24(31)22(36-25)13-16-11-20(26)23(21(27)12-16)35-14-15-4-3-5-18(10-15)30(32)33/h3-13H,2,14H2,1H3,(H,28,29,31)/b22-13+. The number of nitrogens with one attached hydrogen (secondary N) is 1. The van der Waals surface area contributed by atoms with E-state index in [0.717, 1.165) is 11.3 Å². The fourth-order valence-electron chi connectivity index (χ4n) is 3.25. The van der Waals surface area contributed by atoms with Gasteiger partial charge >= 0.3 is 0 Å². The van der Waals surface area contributed by atoms with Gasteiger partial charge in [-0.25, -0.2) is 4.99 Å². The lowest BCUT2D eigenvalue weighted by Gasteiger charge is -2.11. The third-order valence-corrected chi connectivity index (χ3v) is 6.94. The monoisotopic (exact) mass is 631 g/mol. The van der Waals surface area contributed by atoms with Crippen molar-refractivity contribution in [1.82, 2.24) is 5.32 Å². The molecule has 3 aromatic rings. The Bertz CT molecular complexity index is 1350. The fraction of sp³-hybridized carbons (Fsp3) is 0.120. The molecule has 1 amide bonds. The van der Waals surface area contributed by atoms with Crippen LogP contribution >= 0.6 is 43.6 Å². The Hall–Kier alpha value is -3.15. The van der Waals surface area contributed by atoms with Gasteiger partial charge in [-0.1, -0.05) is 12.1 Å². The number of hydrogen-bond donors (Lipinski definition) is 1. The molecule has 0 radical (unpaired) electrons. The van der Waals surface area contributed by atoms with Gasteiger partial charge in [0.25, 0.3) is 11.6 Å². The number of benzene rings is 3. The van der Waals surface area contributed by atoms with Gasteiger partial charge in [-0.2, -0.15) is 0 Å². The van der Waals surface area contributed by atoms with Crippen LogP contribution in [0.2, 0.25) is 0 Å². The Morgan fingerprint density at radius 1 is 1.08 bits per heavy atom. The first-order valence-electron chi connectivity index (χ1n) is 10.7. The molecule has 0 spiro atoms. The Morgan fingerprint density at radius 2 is 1.81 bits per heavy atom. The van der Waals surface area contributed by atoms with Crippen molar-refractivity contribution in [2.24, 2.45) is 4.99 Å². The van der Waals surface area contributed by atoms with Crippen LogP contribution in [0.25, 0.3) is 6.08 Å². The van der Waals surface area contributed by atoms with Gasteiger partial charge in [0.05, 0.1) is 31.1 Å². The van der Waals surface area contributed by atoms with E-state index in [4.69, 9.17) is 9.47 Å². The smallest absolute Gasteiger partial charge is 0.269 e. The summed E-state index contributed by atoms with van der Waals surface area (Å²) >= 11 is 8.28. The molecule has 8 nitrogen and oxygen atoms in total. The number of carbonyl (C=O) groups excluding carboxylic acids is 1. The largest absolute Gasteiger partial charge is 0.494 e. The molecule has 184 valence electrons. The van der Waals surface area contributed by atoms with E-state index in [1.165, 1.54) is 23.9 Å². The molecule has 0 bridgehead atoms. The van der Waals surface area contributed by atoms with Crippen LogP contribution in [0, 0.1) is 10.1 Å². The second kappa shape index (κ2) is 11.7. The van der Waals surface area contributed by atoms with E-state index in [0.29, 0.717) is 42.6 Å². The van der Waals surface area contributed by atoms with Crippen molar-refractivity contribution in [1.29, 1.82) is 0 Å². The van der Waals surface area contributed by atoms with Crippen LogP contribution in [0.1, 0.15) is 18.1 Å².